The van der Waals surface area contributed by atoms with E-state index in [0.717, 1.165) is 32.5 Å². The summed E-state index contributed by atoms with van der Waals surface area (Å²) >= 11 is 0. The van der Waals surface area contributed by atoms with E-state index >= 15 is 0 Å². The SMILES string of the molecule is CC(C)NCC1CCCN(C(=O)c2ccc(O)c(O)c2)C1. The predicted molar refractivity (Wildman–Crippen MR) is 81.5 cm³/mol. The summed E-state index contributed by atoms with van der Waals surface area (Å²) in [7, 11) is 0. The standard InChI is InChI=1S/C16H24N2O3/c1-11(2)17-9-12-4-3-7-18(10-12)16(21)13-5-6-14(19)15(20)8-13/h5-6,8,11-12,17,19-20H,3-4,7,9-10H2,1-2H3. The molecule has 1 amide bonds. The minimum absolute atomic E-state index is 0.0838. The third-order valence-electron chi connectivity index (χ3n) is 3.84. The molecule has 0 saturated carbocycles. The average Bonchev–Trinajstić information content (AvgIpc) is 2.47. The van der Waals surface area contributed by atoms with Crippen LogP contribution in [0.15, 0.2) is 18.2 Å². The molecule has 1 aromatic rings. The van der Waals surface area contributed by atoms with Crippen molar-refractivity contribution in [1.82, 2.24) is 10.2 Å². The number of hydrogen-bond donors (Lipinski definition) is 3. The number of phenolic OH excluding ortho intramolecular Hbond substituents is 2. The number of rotatable bonds is 4. The average molecular weight is 292 g/mol. The molecule has 5 nitrogen and oxygen atoms in total. The van der Waals surface area contributed by atoms with E-state index in [1.165, 1.54) is 12.1 Å². The van der Waals surface area contributed by atoms with Gasteiger partial charge in [0.25, 0.3) is 5.91 Å². The first-order valence-electron chi connectivity index (χ1n) is 7.52. The van der Waals surface area contributed by atoms with Gasteiger partial charge in [-0.05, 0) is 43.5 Å². The first-order chi connectivity index (χ1) is 9.97. The molecule has 0 aliphatic carbocycles. The van der Waals surface area contributed by atoms with E-state index in [4.69, 9.17) is 0 Å². The van der Waals surface area contributed by atoms with E-state index in [2.05, 4.69) is 19.2 Å². The minimum atomic E-state index is -0.254. The van der Waals surface area contributed by atoms with Crippen molar-refractivity contribution in [1.29, 1.82) is 0 Å². The third kappa shape index (κ3) is 4.11. The fourth-order valence-electron chi connectivity index (χ4n) is 2.66. The molecule has 116 valence electrons. The van der Waals surface area contributed by atoms with Crippen LogP contribution in [0.25, 0.3) is 0 Å². The molecule has 1 aliphatic rings. The van der Waals surface area contributed by atoms with Crippen LogP contribution in [0.5, 0.6) is 11.5 Å². The molecule has 3 N–H and O–H groups in total. The van der Waals surface area contributed by atoms with Crippen LogP contribution in [0, 0.1) is 5.92 Å². The Balaban J connectivity index is 1.99. The van der Waals surface area contributed by atoms with E-state index in [9.17, 15) is 15.0 Å². The van der Waals surface area contributed by atoms with E-state index in [-0.39, 0.29) is 17.4 Å². The van der Waals surface area contributed by atoms with Gasteiger partial charge in [-0.3, -0.25) is 4.79 Å². The number of aromatic hydroxyl groups is 2. The number of carbonyl (C=O) groups is 1. The van der Waals surface area contributed by atoms with Crippen molar-refractivity contribution in [3.05, 3.63) is 23.8 Å². The van der Waals surface area contributed by atoms with Crippen LogP contribution in [-0.2, 0) is 0 Å². The summed E-state index contributed by atoms with van der Waals surface area (Å²) in [6.07, 6.45) is 2.13. The van der Waals surface area contributed by atoms with Gasteiger partial charge >= 0.3 is 0 Å². The number of carbonyl (C=O) groups excluding carboxylic acids is 1. The second kappa shape index (κ2) is 6.80. The van der Waals surface area contributed by atoms with Crippen LogP contribution in [0.2, 0.25) is 0 Å². The second-order valence-electron chi connectivity index (χ2n) is 6.03. The van der Waals surface area contributed by atoms with Crippen molar-refractivity contribution in [3.63, 3.8) is 0 Å². The number of nitrogens with one attached hydrogen (secondary N) is 1. The zero-order chi connectivity index (χ0) is 15.4. The molecule has 0 aromatic heterocycles. The highest BCUT2D eigenvalue weighted by Crippen LogP contribution is 2.26. The molecule has 1 aliphatic heterocycles. The first kappa shape index (κ1) is 15.6. The van der Waals surface area contributed by atoms with Gasteiger partial charge in [0.1, 0.15) is 0 Å². The Morgan fingerprint density at radius 1 is 1.38 bits per heavy atom. The molecule has 0 spiro atoms. The number of amides is 1. The van der Waals surface area contributed by atoms with Crippen LogP contribution >= 0.6 is 0 Å². The molecular formula is C16H24N2O3. The number of nitrogens with zero attached hydrogens (tertiary/aromatic N) is 1. The maximum absolute atomic E-state index is 12.5. The molecule has 2 rings (SSSR count). The molecule has 1 unspecified atom stereocenters. The first-order valence-corrected chi connectivity index (χ1v) is 7.52. The zero-order valence-electron chi connectivity index (χ0n) is 12.7. The highest BCUT2D eigenvalue weighted by atomic mass is 16.3. The Morgan fingerprint density at radius 2 is 2.14 bits per heavy atom. The number of benzene rings is 1. The lowest BCUT2D eigenvalue weighted by molar-refractivity contribution is 0.0672. The van der Waals surface area contributed by atoms with Gasteiger partial charge in [0.15, 0.2) is 11.5 Å². The predicted octanol–water partition coefficient (Wildman–Crippen LogP) is 1.95. The molecule has 1 fully saturated rings. The Hall–Kier alpha value is -1.75. The molecule has 0 bridgehead atoms. The second-order valence-corrected chi connectivity index (χ2v) is 6.03. The van der Waals surface area contributed by atoms with E-state index in [0.29, 0.717) is 17.5 Å². The van der Waals surface area contributed by atoms with Gasteiger partial charge in [-0.25, -0.2) is 0 Å². The summed E-state index contributed by atoms with van der Waals surface area (Å²) in [6.45, 7) is 6.64. The number of hydrogen-bond acceptors (Lipinski definition) is 4. The van der Waals surface area contributed by atoms with Crippen LogP contribution < -0.4 is 5.32 Å². The molecule has 1 atom stereocenters. The minimum Gasteiger partial charge on any atom is -0.504 e. The number of likely N-dealkylation sites (tertiary alicyclic amines) is 1. The van der Waals surface area contributed by atoms with Gasteiger partial charge in [0, 0.05) is 24.7 Å². The fourth-order valence-corrected chi connectivity index (χ4v) is 2.66. The van der Waals surface area contributed by atoms with E-state index in [1.54, 1.807) is 6.07 Å². The molecule has 1 saturated heterocycles. The lowest BCUT2D eigenvalue weighted by Crippen LogP contribution is -2.43. The summed E-state index contributed by atoms with van der Waals surface area (Å²) in [5, 5.41) is 22.3. The van der Waals surface area contributed by atoms with Gasteiger partial charge in [0.2, 0.25) is 0 Å². The molecule has 21 heavy (non-hydrogen) atoms. The van der Waals surface area contributed by atoms with Crippen molar-refractivity contribution in [3.8, 4) is 11.5 Å². The molecule has 5 heteroatoms. The highest BCUT2D eigenvalue weighted by Gasteiger charge is 2.24. The lowest BCUT2D eigenvalue weighted by Gasteiger charge is -2.33. The quantitative estimate of drug-likeness (QED) is 0.742. The van der Waals surface area contributed by atoms with Gasteiger partial charge in [-0.15, -0.1) is 0 Å². The smallest absolute Gasteiger partial charge is 0.254 e. The monoisotopic (exact) mass is 292 g/mol. The van der Waals surface area contributed by atoms with Crippen LogP contribution in [0.3, 0.4) is 0 Å². The van der Waals surface area contributed by atoms with Crippen molar-refractivity contribution in [2.75, 3.05) is 19.6 Å². The van der Waals surface area contributed by atoms with Crippen LogP contribution in [0.1, 0.15) is 37.0 Å². The van der Waals surface area contributed by atoms with Crippen molar-refractivity contribution >= 4 is 5.91 Å². The normalized spacial score (nSPS) is 19.0. The summed E-state index contributed by atoms with van der Waals surface area (Å²) in [5.41, 5.74) is 0.419. The molecule has 1 aromatic carbocycles. The topological polar surface area (TPSA) is 72.8 Å². The molecular weight excluding hydrogens is 268 g/mol. The van der Waals surface area contributed by atoms with Gasteiger partial charge in [0.05, 0.1) is 0 Å². The van der Waals surface area contributed by atoms with Crippen LogP contribution in [-0.4, -0.2) is 46.7 Å². The summed E-state index contributed by atoms with van der Waals surface area (Å²) in [4.78, 5) is 14.3. The summed E-state index contributed by atoms with van der Waals surface area (Å²) in [6, 6.07) is 4.68. The summed E-state index contributed by atoms with van der Waals surface area (Å²) in [5.74, 6) is -0.0737. The Kier molecular flexibility index (Phi) is 5.07. The van der Waals surface area contributed by atoms with Crippen molar-refractivity contribution in [2.45, 2.75) is 32.7 Å². The molecule has 1 heterocycles. The van der Waals surface area contributed by atoms with E-state index in [1.807, 2.05) is 4.90 Å². The largest absolute Gasteiger partial charge is 0.504 e. The van der Waals surface area contributed by atoms with Gasteiger partial charge < -0.3 is 20.4 Å². The zero-order valence-corrected chi connectivity index (χ0v) is 12.7. The maximum atomic E-state index is 12.5. The maximum Gasteiger partial charge on any atom is 0.254 e. The van der Waals surface area contributed by atoms with Gasteiger partial charge in [-0.2, -0.15) is 0 Å². The fraction of sp³-hybridized carbons (Fsp3) is 0.562. The highest BCUT2D eigenvalue weighted by molar-refractivity contribution is 5.95. The van der Waals surface area contributed by atoms with E-state index < -0.39 is 0 Å². The van der Waals surface area contributed by atoms with Crippen molar-refractivity contribution < 1.29 is 15.0 Å². The third-order valence-corrected chi connectivity index (χ3v) is 3.84. The Labute approximate surface area is 125 Å². The number of phenols is 2. The Morgan fingerprint density at radius 3 is 2.81 bits per heavy atom. The number of piperidine rings is 1. The van der Waals surface area contributed by atoms with Crippen LogP contribution in [0.4, 0.5) is 0 Å². The lowest BCUT2D eigenvalue weighted by atomic mass is 9.97. The van der Waals surface area contributed by atoms with Gasteiger partial charge in [-0.1, -0.05) is 13.8 Å². The summed E-state index contributed by atoms with van der Waals surface area (Å²) < 4.78 is 0. The Bertz CT molecular complexity index is 502. The van der Waals surface area contributed by atoms with Crippen molar-refractivity contribution in [2.24, 2.45) is 5.92 Å². The molecule has 0 radical (unpaired) electrons.